The first-order valence-corrected chi connectivity index (χ1v) is 10.0. The van der Waals surface area contributed by atoms with Gasteiger partial charge in [-0.05, 0) is 37.3 Å². The standard InChI is InChI=1S/C24H25N3O3/c1-17(28)21-16-27(23-6-4-3-5-20(21)23)13-10-24(29)25-11-14-26-12-9-18-15-19(30-2)7-8-22(18)26/h3-9,12,15-16H,10-11,13-14H2,1-2H3,(H,25,29). The number of nitrogens with zero attached hydrogens (tertiary/aromatic N) is 2. The van der Waals surface area contributed by atoms with E-state index in [0.717, 1.165) is 27.6 Å². The van der Waals surface area contributed by atoms with Crippen LogP contribution in [0, 0.1) is 0 Å². The van der Waals surface area contributed by atoms with Crippen molar-refractivity contribution in [2.45, 2.75) is 26.4 Å². The predicted molar refractivity (Wildman–Crippen MR) is 118 cm³/mol. The molecule has 154 valence electrons. The molecule has 0 saturated carbocycles. The number of Topliss-reactive ketones (excluding diaryl/α,β-unsaturated/α-hetero) is 1. The van der Waals surface area contributed by atoms with Crippen molar-refractivity contribution in [2.75, 3.05) is 13.7 Å². The van der Waals surface area contributed by atoms with E-state index in [4.69, 9.17) is 4.74 Å². The third-order valence-corrected chi connectivity index (χ3v) is 5.40. The summed E-state index contributed by atoms with van der Waals surface area (Å²) < 4.78 is 9.37. The van der Waals surface area contributed by atoms with Crippen molar-refractivity contribution in [1.82, 2.24) is 14.5 Å². The van der Waals surface area contributed by atoms with Crippen LogP contribution in [0.25, 0.3) is 21.8 Å². The lowest BCUT2D eigenvalue weighted by Crippen LogP contribution is -2.27. The van der Waals surface area contributed by atoms with Crippen molar-refractivity contribution in [1.29, 1.82) is 0 Å². The molecule has 6 heteroatoms. The lowest BCUT2D eigenvalue weighted by molar-refractivity contribution is -0.121. The Bertz CT molecular complexity index is 1220. The largest absolute Gasteiger partial charge is 0.497 e. The molecule has 0 aliphatic rings. The number of aryl methyl sites for hydroxylation is 1. The molecule has 0 atom stereocenters. The van der Waals surface area contributed by atoms with Gasteiger partial charge in [0.05, 0.1) is 7.11 Å². The van der Waals surface area contributed by atoms with Gasteiger partial charge in [0.15, 0.2) is 5.78 Å². The smallest absolute Gasteiger partial charge is 0.221 e. The molecular weight excluding hydrogens is 378 g/mol. The molecule has 30 heavy (non-hydrogen) atoms. The SMILES string of the molecule is COc1ccc2c(ccn2CCNC(=O)CCn2cc(C(C)=O)c3ccccc32)c1. The number of carbonyl (C=O) groups excluding carboxylic acids is 2. The third-order valence-electron chi connectivity index (χ3n) is 5.40. The topological polar surface area (TPSA) is 65.3 Å². The summed E-state index contributed by atoms with van der Waals surface area (Å²) in [6.45, 7) is 3.36. The highest BCUT2D eigenvalue weighted by molar-refractivity contribution is 6.07. The summed E-state index contributed by atoms with van der Waals surface area (Å²) in [6.07, 6.45) is 4.23. The number of ether oxygens (including phenoxy) is 1. The Morgan fingerprint density at radius 1 is 1.00 bits per heavy atom. The summed E-state index contributed by atoms with van der Waals surface area (Å²) in [4.78, 5) is 24.2. The van der Waals surface area contributed by atoms with Crippen molar-refractivity contribution < 1.29 is 14.3 Å². The second kappa shape index (κ2) is 8.45. The van der Waals surface area contributed by atoms with E-state index in [-0.39, 0.29) is 11.7 Å². The van der Waals surface area contributed by atoms with Gasteiger partial charge in [-0.15, -0.1) is 0 Å². The minimum atomic E-state index is -0.00436. The Kier molecular flexibility index (Phi) is 5.57. The zero-order valence-electron chi connectivity index (χ0n) is 17.2. The first-order valence-electron chi connectivity index (χ1n) is 10.0. The predicted octanol–water partition coefficient (Wildman–Crippen LogP) is 4.01. The molecule has 0 saturated heterocycles. The fourth-order valence-corrected chi connectivity index (χ4v) is 3.84. The molecule has 0 radical (unpaired) electrons. The maximum Gasteiger partial charge on any atom is 0.221 e. The number of benzene rings is 2. The summed E-state index contributed by atoms with van der Waals surface area (Å²) in [5.74, 6) is 0.861. The molecule has 2 aromatic heterocycles. The Labute approximate surface area is 175 Å². The fraction of sp³-hybridized carbons (Fsp3) is 0.250. The second-order valence-electron chi connectivity index (χ2n) is 7.34. The summed E-state index contributed by atoms with van der Waals surface area (Å²) in [7, 11) is 1.66. The van der Waals surface area contributed by atoms with Gasteiger partial charge in [0.1, 0.15) is 5.75 Å². The van der Waals surface area contributed by atoms with E-state index in [2.05, 4.69) is 9.88 Å². The van der Waals surface area contributed by atoms with Crippen LogP contribution in [0.2, 0.25) is 0 Å². The number of hydrogen-bond acceptors (Lipinski definition) is 3. The average molecular weight is 403 g/mol. The lowest BCUT2D eigenvalue weighted by atomic mass is 10.1. The van der Waals surface area contributed by atoms with Crippen molar-refractivity contribution in [2.24, 2.45) is 0 Å². The molecule has 4 rings (SSSR count). The van der Waals surface area contributed by atoms with Gasteiger partial charge >= 0.3 is 0 Å². The van der Waals surface area contributed by atoms with E-state index >= 15 is 0 Å². The molecule has 0 unspecified atom stereocenters. The van der Waals surface area contributed by atoms with Gasteiger partial charge in [-0.25, -0.2) is 0 Å². The van der Waals surface area contributed by atoms with Crippen LogP contribution in [-0.2, 0) is 17.9 Å². The van der Waals surface area contributed by atoms with E-state index in [1.807, 2.05) is 65.5 Å². The number of rotatable bonds is 8. The molecular formula is C24H25N3O3. The Morgan fingerprint density at radius 3 is 2.63 bits per heavy atom. The van der Waals surface area contributed by atoms with Crippen molar-refractivity contribution in [3.8, 4) is 5.75 Å². The Balaban J connectivity index is 1.34. The quantitative estimate of drug-likeness (QED) is 0.452. The molecule has 2 heterocycles. The molecule has 6 nitrogen and oxygen atoms in total. The van der Waals surface area contributed by atoms with Crippen molar-refractivity contribution in [3.63, 3.8) is 0 Å². The monoisotopic (exact) mass is 403 g/mol. The van der Waals surface area contributed by atoms with Gasteiger partial charge in [-0.3, -0.25) is 9.59 Å². The zero-order chi connectivity index (χ0) is 21.1. The minimum Gasteiger partial charge on any atom is -0.497 e. The van der Waals surface area contributed by atoms with E-state index < -0.39 is 0 Å². The summed E-state index contributed by atoms with van der Waals surface area (Å²) in [5, 5.41) is 5.04. The van der Waals surface area contributed by atoms with Gasteiger partial charge < -0.3 is 19.2 Å². The number of amides is 1. The highest BCUT2D eigenvalue weighted by Gasteiger charge is 2.12. The van der Waals surface area contributed by atoms with Gasteiger partial charge in [0.2, 0.25) is 5.91 Å². The molecule has 1 amide bonds. The number of ketones is 1. The number of methoxy groups -OCH3 is 1. The van der Waals surface area contributed by atoms with Crippen LogP contribution in [0.1, 0.15) is 23.7 Å². The third kappa shape index (κ3) is 3.94. The lowest BCUT2D eigenvalue weighted by Gasteiger charge is -2.09. The van der Waals surface area contributed by atoms with Gasteiger partial charge in [0, 0.05) is 65.8 Å². The van der Waals surface area contributed by atoms with Crippen LogP contribution in [0.5, 0.6) is 5.75 Å². The van der Waals surface area contributed by atoms with Crippen LogP contribution < -0.4 is 10.1 Å². The number of aromatic nitrogens is 2. The van der Waals surface area contributed by atoms with Crippen molar-refractivity contribution in [3.05, 3.63) is 66.5 Å². The van der Waals surface area contributed by atoms with Gasteiger partial charge in [-0.2, -0.15) is 0 Å². The van der Waals surface area contributed by atoms with E-state index in [1.54, 1.807) is 14.0 Å². The number of para-hydroxylation sites is 1. The van der Waals surface area contributed by atoms with Crippen LogP contribution in [0.3, 0.4) is 0 Å². The molecule has 0 aliphatic carbocycles. The normalized spacial score (nSPS) is 11.1. The molecule has 0 fully saturated rings. The molecule has 0 bridgehead atoms. The summed E-state index contributed by atoms with van der Waals surface area (Å²) in [5.41, 5.74) is 2.78. The van der Waals surface area contributed by atoms with Gasteiger partial charge in [-0.1, -0.05) is 18.2 Å². The molecule has 1 N–H and O–H groups in total. The van der Waals surface area contributed by atoms with Crippen LogP contribution >= 0.6 is 0 Å². The van der Waals surface area contributed by atoms with Crippen LogP contribution in [0.4, 0.5) is 0 Å². The molecule has 4 aromatic rings. The summed E-state index contributed by atoms with van der Waals surface area (Å²) in [6, 6.07) is 15.8. The van der Waals surface area contributed by atoms with Crippen molar-refractivity contribution >= 4 is 33.5 Å². The Hall–Kier alpha value is -3.54. The minimum absolute atomic E-state index is 0.00436. The summed E-state index contributed by atoms with van der Waals surface area (Å²) >= 11 is 0. The van der Waals surface area contributed by atoms with Crippen LogP contribution in [0.15, 0.2) is 60.9 Å². The molecule has 0 aliphatic heterocycles. The molecule has 0 spiro atoms. The van der Waals surface area contributed by atoms with E-state index in [0.29, 0.717) is 31.6 Å². The fourth-order valence-electron chi connectivity index (χ4n) is 3.84. The maximum absolute atomic E-state index is 12.4. The highest BCUT2D eigenvalue weighted by Crippen LogP contribution is 2.23. The average Bonchev–Trinajstić information content (AvgIpc) is 3.33. The highest BCUT2D eigenvalue weighted by atomic mass is 16.5. The maximum atomic E-state index is 12.4. The Morgan fingerprint density at radius 2 is 1.83 bits per heavy atom. The number of fused-ring (bicyclic) bond motifs is 2. The van der Waals surface area contributed by atoms with E-state index in [9.17, 15) is 9.59 Å². The molecule has 2 aromatic carbocycles. The number of nitrogens with one attached hydrogen (secondary N) is 1. The second-order valence-corrected chi connectivity index (χ2v) is 7.34. The number of carbonyl (C=O) groups is 2. The number of hydrogen-bond donors (Lipinski definition) is 1. The van der Waals surface area contributed by atoms with Gasteiger partial charge in [0.25, 0.3) is 0 Å². The van der Waals surface area contributed by atoms with E-state index in [1.165, 1.54) is 0 Å². The van der Waals surface area contributed by atoms with Crippen LogP contribution in [-0.4, -0.2) is 34.5 Å². The first kappa shape index (κ1) is 19.8. The first-order chi connectivity index (χ1) is 14.6. The zero-order valence-corrected chi connectivity index (χ0v) is 17.2.